The summed E-state index contributed by atoms with van der Waals surface area (Å²) in [6, 6.07) is 10.5. The summed E-state index contributed by atoms with van der Waals surface area (Å²) < 4.78 is 25.0. The van der Waals surface area contributed by atoms with E-state index in [-0.39, 0.29) is 16.5 Å². The van der Waals surface area contributed by atoms with E-state index in [0.717, 1.165) is 19.3 Å². The predicted octanol–water partition coefficient (Wildman–Crippen LogP) is 2.10. The zero-order valence-electron chi connectivity index (χ0n) is 11.2. The molecule has 0 amide bonds. The normalized spacial score (nSPS) is 37.5. The van der Waals surface area contributed by atoms with E-state index in [4.69, 9.17) is 0 Å². The van der Waals surface area contributed by atoms with E-state index in [1.165, 1.54) is 5.56 Å². The highest BCUT2D eigenvalue weighted by Crippen LogP contribution is 2.38. The van der Waals surface area contributed by atoms with Crippen molar-refractivity contribution in [3.05, 3.63) is 35.9 Å². The van der Waals surface area contributed by atoms with Crippen LogP contribution in [0.5, 0.6) is 0 Å². The molecular weight excluding hydrogens is 258 g/mol. The van der Waals surface area contributed by atoms with E-state index in [9.17, 15) is 8.42 Å². The first-order valence-corrected chi connectivity index (χ1v) is 8.71. The number of nitrogens with one attached hydrogen (secondary N) is 1. The molecule has 4 atom stereocenters. The highest BCUT2D eigenvalue weighted by molar-refractivity contribution is 7.92. The fourth-order valence-corrected chi connectivity index (χ4v) is 5.60. The number of hydrogen-bond donors (Lipinski definition) is 1. The molecule has 0 spiro atoms. The summed E-state index contributed by atoms with van der Waals surface area (Å²) in [6.07, 6.45) is 2.83. The average molecular weight is 279 g/mol. The van der Waals surface area contributed by atoms with Crippen molar-refractivity contribution in [3.8, 4) is 0 Å². The van der Waals surface area contributed by atoms with Gasteiger partial charge in [-0.15, -0.1) is 0 Å². The molecule has 1 aliphatic heterocycles. The molecule has 2 fully saturated rings. The summed E-state index contributed by atoms with van der Waals surface area (Å²) in [6.45, 7) is 2.43. The summed E-state index contributed by atoms with van der Waals surface area (Å²) in [5.41, 5.74) is 1.29. The number of rotatable bonds is 1. The maximum Gasteiger partial charge on any atom is 0.158 e. The van der Waals surface area contributed by atoms with Gasteiger partial charge in [0.2, 0.25) is 0 Å². The third-order valence-corrected chi connectivity index (χ3v) is 7.37. The molecule has 1 aromatic rings. The molecule has 19 heavy (non-hydrogen) atoms. The van der Waals surface area contributed by atoms with E-state index in [1.807, 2.05) is 25.1 Å². The first-order chi connectivity index (χ1) is 9.09. The standard InChI is InChI=1S/C15H21NO2S/c1-11-10-16-14-8-7-13(9-15(14)19(11,17)18)12-5-3-2-4-6-12/h2-6,11,13-16H,7-10H2,1H3. The Labute approximate surface area is 115 Å². The van der Waals surface area contributed by atoms with Crippen LogP contribution in [-0.4, -0.2) is 31.5 Å². The topological polar surface area (TPSA) is 46.2 Å². The summed E-state index contributed by atoms with van der Waals surface area (Å²) in [4.78, 5) is 0. The van der Waals surface area contributed by atoms with Gasteiger partial charge in [-0.2, -0.15) is 0 Å². The van der Waals surface area contributed by atoms with Gasteiger partial charge in [-0.1, -0.05) is 30.3 Å². The lowest BCUT2D eigenvalue weighted by atomic mass is 9.81. The maximum atomic E-state index is 12.5. The second-order valence-electron chi connectivity index (χ2n) is 5.87. The zero-order valence-corrected chi connectivity index (χ0v) is 12.1. The van der Waals surface area contributed by atoms with E-state index in [0.29, 0.717) is 12.5 Å². The first-order valence-electron chi connectivity index (χ1n) is 7.10. The van der Waals surface area contributed by atoms with E-state index >= 15 is 0 Å². The molecule has 1 aliphatic carbocycles. The van der Waals surface area contributed by atoms with Gasteiger partial charge in [0, 0.05) is 12.6 Å². The maximum absolute atomic E-state index is 12.5. The van der Waals surface area contributed by atoms with Gasteiger partial charge in [-0.25, -0.2) is 8.42 Å². The van der Waals surface area contributed by atoms with Crippen molar-refractivity contribution < 1.29 is 8.42 Å². The Balaban J connectivity index is 1.85. The number of sulfone groups is 1. The molecular formula is C15H21NO2S. The molecule has 3 rings (SSSR count). The minimum atomic E-state index is -2.97. The minimum Gasteiger partial charge on any atom is -0.311 e. The molecule has 1 saturated heterocycles. The highest BCUT2D eigenvalue weighted by atomic mass is 32.2. The van der Waals surface area contributed by atoms with E-state index < -0.39 is 9.84 Å². The van der Waals surface area contributed by atoms with Gasteiger partial charge in [0.1, 0.15) is 0 Å². The SMILES string of the molecule is CC1CNC2CCC(c3ccccc3)CC2S1(=O)=O. The monoisotopic (exact) mass is 279 g/mol. The quantitative estimate of drug-likeness (QED) is 0.856. The lowest BCUT2D eigenvalue weighted by Crippen LogP contribution is -2.57. The summed E-state index contributed by atoms with van der Waals surface area (Å²) in [5.74, 6) is 0.393. The average Bonchev–Trinajstić information content (AvgIpc) is 2.44. The van der Waals surface area contributed by atoms with Crippen molar-refractivity contribution >= 4 is 9.84 Å². The Morgan fingerprint density at radius 2 is 1.89 bits per heavy atom. The Morgan fingerprint density at radius 1 is 1.16 bits per heavy atom. The van der Waals surface area contributed by atoms with Crippen LogP contribution in [0, 0.1) is 0 Å². The second-order valence-corrected chi connectivity index (χ2v) is 8.46. The van der Waals surface area contributed by atoms with Gasteiger partial charge >= 0.3 is 0 Å². The fourth-order valence-electron chi connectivity index (χ4n) is 3.49. The van der Waals surface area contributed by atoms with Crippen molar-refractivity contribution in [1.29, 1.82) is 0 Å². The Kier molecular flexibility index (Phi) is 3.39. The van der Waals surface area contributed by atoms with Gasteiger partial charge in [0.15, 0.2) is 9.84 Å². The van der Waals surface area contributed by atoms with Crippen molar-refractivity contribution in [2.45, 2.75) is 48.6 Å². The Hall–Kier alpha value is -0.870. The summed E-state index contributed by atoms with van der Waals surface area (Å²) in [5, 5.41) is 2.97. The predicted molar refractivity (Wildman–Crippen MR) is 77.0 cm³/mol. The number of benzene rings is 1. The minimum absolute atomic E-state index is 0.168. The van der Waals surface area contributed by atoms with Crippen molar-refractivity contribution in [3.63, 3.8) is 0 Å². The molecule has 0 bridgehead atoms. The number of fused-ring (bicyclic) bond motifs is 1. The van der Waals surface area contributed by atoms with Crippen LogP contribution >= 0.6 is 0 Å². The number of hydrogen-bond acceptors (Lipinski definition) is 3. The molecule has 1 heterocycles. The molecule has 1 N–H and O–H groups in total. The summed E-state index contributed by atoms with van der Waals surface area (Å²) >= 11 is 0. The van der Waals surface area contributed by atoms with Gasteiger partial charge in [0.05, 0.1) is 10.5 Å². The first kappa shape index (κ1) is 13.1. The van der Waals surface area contributed by atoms with Gasteiger partial charge < -0.3 is 5.32 Å². The molecule has 104 valence electrons. The van der Waals surface area contributed by atoms with Crippen LogP contribution in [0.3, 0.4) is 0 Å². The van der Waals surface area contributed by atoms with Crippen LogP contribution in [0.4, 0.5) is 0 Å². The van der Waals surface area contributed by atoms with Crippen molar-refractivity contribution in [2.75, 3.05) is 6.54 Å². The molecule has 0 aromatic heterocycles. The van der Waals surface area contributed by atoms with Gasteiger partial charge in [-0.3, -0.25) is 0 Å². The van der Waals surface area contributed by atoms with Crippen LogP contribution in [0.1, 0.15) is 37.7 Å². The van der Waals surface area contributed by atoms with Crippen LogP contribution < -0.4 is 5.32 Å². The Morgan fingerprint density at radius 3 is 2.63 bits per heavy atom. The third kappa shape index (κ3) is 2.32. The zero-order chi connectivity index (χ0) is 13.5. The molecule has 2 aliphatic rings. The molecule has 1 saturated carbocycles. The molecule has 3 nitrogen and oxygen atoms in total. The van der Waals surface area contributed by atoms with Crippen molar-refractivity contribution in [2.24, 2.45) is 0 Å². The van der Waals surface area contributed by atoms with Crippen LogP contribution in [0.25, 0.3) is 0 Å². The van der Waals surface area contributed by atoms with E-state index in [2.05, 4.69) is 17.4 Å². The fraction of sp³-hybridized carbons (Fsp3) is 0.600. The molecule has 1 aromatic carbocycles. The van der Waals surface area contributed by atoms with Gasteiger partial charge in [0.25, 0.3) is 0 Å². The second kappa shape index (κ2) is 4.91. The van der Waals surface area contributed by atoms with Crippen LogP contribution in [0.15, 0.2) is 30.3 Å². The molecule has 0 radical (unpaired) electrons. The Bertz CT molecular complexity index is 541. The van der Waals surface area contributed by atoms with Gasteiger partial charge in [-0.05, 0) is 37.7 Å². The lowest BCUT2D eigenvalue weighted by molar-refractivity contribution is 0.326. The van der Waals surface area contributed by atoms with Crippen molar-refractivity contribution in [1.82, 2.24) is 5.32 Å². The molecule has 4 heteroatoms. The van der Waals surface area contributed by atoms with Crippen LogP contribution in [0.2, 0.25) is 0 Å². The van der Waals surface area contributed by atoms with E-state index in [1.54, 1.807) is 0 Å². The highest BCUT2D eigenvalue weighted by Gasteiger charge is 2.44. The third-order valence-electron chi connectivity index (χ3n) is 4.71. The van der Waals surface area contributed by atoms with Crippen LogP contribution in [-0.2, 0) is 9.84 Å². The lowest BCUT2D eigenvalue weighted by Gasteiger charge is -2.41. The largest absolute Gasteiger partial charge is 0.311 e. The molecule has 4 unspecified atom stereocenters. The smallest absolute Gasteiger partial charge is 0.158 e. The summed E-state index contributed by atoms with van der Waals surface area (Å²) in [7, 11) is -2.97.